The van der Waals surface area contributed by atoms with E-state index < -0.39 is 46.2 Å². The number of carbonyl (C=O) groups excluding carboxylic acids is 1. The fourth-order valence-electron chi connectivity index (χ4n) is 6.02. The van der Waals surface area contributed by atoms with Crippen LogP contribution in [-0.2, 0) is 15.7 Å². The van der Waals surface area contributed by atoms with E-state index in [1.54, 1.807) is 23.6 Å². The Morgan fingerprint density at radius 3 is 2.34 bits per heavy atom. The number of thioether (sulfide) groups is 1. The summed E-state index contributed by atoms with van der Waals surface area (Å²) in [6.07, 6.45) is -3.72. The summed E-state index contributed by atoms with van der Waals surface area (Å²) in [6.45, 7) is 13.0. The predicted octanol–water partition coefficient (Wildman–Crippen LogP) is 6.60. The van der Waals surface area contributed by atoms with Gasteiger partial charge in [0.05, 0.1) is 23.7 Å². The maximum Gasteiger partial charge on any atom is 0.417 e. The molecule has 0 spiro atoms. The number of hydrogen-bond donors (Lipinski definition) is 0. The first-order chi connectivity index (χ1) is 20.8. The standard InChI is InChI=1S/C29H29F5N4O3S.C2H6/c1-6-23(39)37-15(3)10-36(11-16(37)4)27-19-8-20(29(32,33)34)24(18-7-14(2)21(30)9-22(18)31)26-25(19)38(28(40)35-27)17(12-41-5)13-42-26;1-2/h6-9,15-17H,1,10-13H2,2-5H3;1-2H3. The molecule has 0 bridgehead atoms. The number of amides is 1. The van der Waals surface area contributed by atoms with Crippen LogP contribution in [0.5, 0.6) is 0 Å². The smallest absolute Gasteiger partial charge is 0.383 e. The summed E-state index contributed by atoms with van der Waals surface area (Å²) >= 11 is 1.06. The van der Waals surface area contributed by atoms with Crippen molar-refractivity contribution in [2.75, 3.05) is 37.5 Å². The van der Waals surface area contributed by atoms with Gasteiger partial charge in [0.25, 0.3) is 0 Å². The minimum absolute atomic E-state index is 0.0207. The zero-order valence-electron chi connectivity index (χ0n) is 25.4. The molecule has 2 aliphatic rings. The van der Waals surface area contributed by atoms with Crippen LogP contribution >= 0.6 is 11.8 Å². The number of piperazine rings is 1. The van der Waals surface area contributed by atoms with Crippen molar-refractivity contribution in [2.45, 2.75) is 63.8 Å². The Labute approximate surface area is 256 Å². The van der Waals surface area contributed by atoms with Gasteiger partial charge in [-0.15, -0.1) is 11.8 Å². The average molecular weight is 639 g/mol. The third-order valence-corrected chi connectivity index (χ3v) is 9.00. The molecule has 1 amide bonds. The van der Waals surface area contributed by atoms with Gasteiger partial charge in [-0.05, 0) is 44.5 Å². The van der Waals surface area contributed by atoms with E-state index in [4.69, 9.17) is 4.74 Å². The molecule has 3 heterocycles. The highest BCUT2D eigenvalue weighted by Crippen LogP contribution is 2.50. The lowest BCUT2D eigenvalue weighted by molar-refractivity contribution is -0.137. The number of benzene rings is 2. The van der Waals surface area contributed by atoms with Gasteiger partial charge in [0.1, 0.15) is 17.5 Å². The van der Waals surface area contributed by atoms with Crippen molar-refractivity contribution < 1.29 is 31.5 Å². The zero-order chi connectivity index (χ0) is 32.7. The summed E-state index contributed by atoms with van der Waals surface area (Å²) in [5.74, 6) is -2.09. The molecule has 1 fully saturated rings. The number of ether oxygens (including phenoxy) is 1. The van der Waals surface area contributed by atoms with Gasteiger partial charge >= 0.3 is 11.9 Å². The van der Waals surface area contributed by atoms with Crippen LogP contribution in [0.4, 0.5) is 27.8 Å². The Morgan fingerprint density at radius 2 is 1.77 bits per heavy atom. The van der Waals surface area contributed by atoms with Crippen LogP contribution in [0.2, 0.25) is 0 Å². The van der Waals surface area contributed by atoms with Crippen molar-refractivity contribution in [3.8, 4) is 11.1 Å². The van der Waals surface area contributed by atoms with Gasteiger partial charge < -0.3 is 14.5 Å². The van der Waals surface area contributed by atoms with Crippen LogP contribution < -0.4 is 10.6 Å². The molecule has 13 heteroatoms. The lowest BCUT2D eigenvalue weighted by atomic mass is 9.94. The SMILES string of the molecule is C=CC(=O)N1C(C)CN(c2nc(=O)n3c4c(c(-c5cc(C)c(F)cc5F)c(C(F)(F)F)cc24)SCC3COC)CC1C.CC. The van der Waals surface area contributed by atoms with E-state index in [-0.39, 0.29) is 70.6 Å². The average Bonchev–Trinajstić information content (AvgIpc) is 2.97. The number of methoxy groups -OCH3 is 1. The molecule has 3 aromatic rings. The molecule has 0 N–H and O–H groups in total. The van der Waals surface area contributed by atoms with Gasteiger partial charge in [0.2, 0.25) is 5.91 Å². The van der Waals surface area contributed by atoms with E-state index in [0.29, 0.717) is 6.07 Å². The number of anilines is 1. The normalized spacial score (nSPS) is 19.9. The maximum absolute atomic E-state index is 15.2. The van der Waals surface area contributed by atoms with Crippen molar-refractivity contribution >= 4 is 34.4 Å². The number of carbonyl (C=O) groups is 1. The van der Waals surface area contributed by atoms with Crippen molar-refractivity contribution in [2.24, 2.45) is 0 Å². The first kappa shape index (κ1) is 33.4. The number of aromatic nitrogens is 2. The minimum atomic E-state index is -4.92. The summed E-state index contributed by atoms with van der Waals surface area (Å²) in [4.78, 5) is 33.7. The number of halogens is 5. The molecule has 0 radical (unpaired) electrons. The van der Waals surface area contributed by atoms with Crippen LogP contribution in [0.15, 0.2) is 40.5 Å². The number of aryl methyl sites for hydroxylation is 1. The van der Waals surface area contributed by atoms with Crippen molar-refractivity contribution in [3.05, 3.63) is 64.1 Å². The molecule has 0 aliphatic carbocycles. The van der Waals surface area contributed by atoms with E-state index >= 15 is 4.39 Å². The van der Waals surface area contributed by atoms with Crippen LogP contribution in [0.25, 0.3) is 22.0 Å². The van der Waals surface area contributed by atoms with Gasteiger partial charge in [0.15, 0.2) is 0 Å². The Hall–Kier alpha value is -3.45. The second kappa shape index (κ2) is 12.9. The minimum Gasteiger partial charge on any atom is -0.383 e. The number of nitrogens with zero attached hydrogens (tertiary/aromatic N) is 4. The molecular weight excluding hydrogens is 603 g/mol. The van der Waals surface area contributed by atoms with Gasteiger partial charge in [-0.2, -0.15) is 18.2 Å². The van der Waals surface area contributed by atoms with E-state index in [9.17, 15) is 27.2 Å². The Morgan fingerprint density at radius 1 is 1.14 bits per heavy atom. The van der Waals surface area contributed by atoms with Crippen LogP contribution in [-0.4, -0.2) is 65.0 Å². The number of hydrogen-bond acceptors (Lipinski definition) is 6. The van der Waals surface area contributed by atoms with E-state index in [0.717, 1.165) is 23.9 Å². The predicted molar refractivity (Wildman–Crippen MR) is 162 cm³/mol. The second-order valence-electron chi connectivity index (χ2n) is 10.7. The fraction of sp³-hybridized carbons (Fsp3) is 0.452. The summed E-state index contributed by atoms with van der Waals surface area (Å²) in [6, 6.07) is 1.26. The highest BCUT2D eigenvalue weighted by Gasteiger charge is 2.41. The Balaban J connectivity index is 0.00000216. The van der Waals surface area contributed by atoms with Crippen molar-refractivity contribution in [1.29, 1.82) is 0 Å². The molecule has 1 saturated heterocycles. The van der Waals surface area contributed by atoms with Crippen LogP contribution in [0, 0.1) is 18.6 Å². The fourth-order valence-corrected chi connectivity index (χ4v) is 7.34. The lowest BCUT2D eigenvalue weighted by Crippen LogP contribution is -2.58. The van der Waals surface area contributed by atoms with E-state index in [1.165, 1.54) is 24.7 Å². The third kappa shape index (κ3) is 5.83. The number of rotatable bonds is 5. The molecule has 5 rings (SSSR count). The largest absolute Gasteiger partial charge is 0.417 e. The summed E-state index contributed by atoms with van der Waals surface area (Å²) in [7, 11) is 1.45. The monoisotopic (exact) mass is 638 g/mol. The molecule has 1 aromatic heterocycles. The van der Waals surface area contributed by atoms with Gasteiger partial charge in [-0.3, -0.25) is 9.36 Å². The third-order valence-electron chi connectivity index (χ3n) is 7.76. The van der Waals surface area contributed by atoms with Crippen molar-refractivity contribution in [3.63, 3.8) is 0 Å². The Kier molecular flexibility index (Phi) is 9.79. The van der Waals surface area contributed by atoms with Gasteiger partial charge in [-0.1, -0.05) is 20.4 Å². The summed E-state index contributed by atoms with van der Waals surface area (Å²) in [5, 5.41) is 0.0658. The molecule has 3 unspecified atom stereocenters. The van der Waals surface area contributed by atoms with Crippen LogP contribution in [0.1, 0.15) is 44.9 Å². The van der Waals surface area contributed by atoms with Gasteiger partial charge in [0, 0.05) is 65.5 Å². The summed E-state index contributed by atoms with van der Waals surface area (Å²) in [5.41, 5.74) is -2.52. The molecule has 0 saturated carbocycles. The molecule has 2 aliphatic heterocycles. The van der Waals surface area contributed by atoms with Crippen LogP contribution in [0.3, 0.4) is 0 Å². The highest BCUT2D eigenvalue weighted by molar-refractivity contribution is 7.99. The zero-order valence-corrected chi connectivity index (χ0v) is 26.2. The summed E-state index contributed by atoms with van der Waals surface area (Å²) < 4.78 is 80.3. The van der Waals surface area contributed by atoms with E-state index in [2.05, 4.69) is 11.6 Å². The first-order valence-electron chi connectivity index (χ1n) is 14.3. The molecule has 238 valence electrons. The first-order valence-corrected chi connectivity index (χ1v) is 15.2. The molecule has 44 heavy (non-hydrogen) atoms. The van der Waals surface area contributed by atoms with E-state index in [1.807, 2.05) is 13.8 Å². The second-order valence-corrected chi connectivity index (χ2v) is 11.7. The molecule has 3 atom stereocenters. The van der Waals surface area contributed by atoms with Gasteiger partial charge in [-0.25, -0.2) is 13.6 Å². The molecule has 2 aromatic carbocycles. The van der Waals surface area contributed by atoms with Crippen molar-refractivity contribution in [1.82, 2.24) is 14.5 Å². The Bertz CT molecular complexity index is 1650. The molecule has 7 nitrogen and oxygen atoms in total. The number of alkyl halides is 3. The molecular formula is C31H35F5N4O3S. The quantitative estimate of drug-likeness (QED) is 0.232. The highest BCUT2D eigenvalue weighted by atomic mass is 32.2. The lowest BCUT2D eigenvalue weighted by Gasteiger charge is -2.45. The maximum atomic E-state index is 15.2. The topological polar surface area (TPSA) is 67.7 Å².